The molecule has 5 aliphatic rings. The summed E-state index contributed by atoms with van der Waals surface area (Å²) in [6.07, 6.45) is 11.6. The van der Waals surface area contributed by atoms with Crippen molar-refractivity contribution in [1.29, 1.82) is 0 Å². The van der Waals surface area contributed by atoms with Gasteiger partial charge in [0.15, 0.2) is 0 Å². The van der Waals surface area contributed by atoms with Crippen LogP contribution in [-0.2, 0) is 19.1 Å². The lowest BCUT2D eigenvalue weighted by Crippen LogP contribution is -2.54. The van der Waals surface area contributed by atoms with E-state index in [2.05, 4.69) is 30.1 Å². The molecule has 1 spiro atoms. The van der Waals surface area contributed by atoms with E-state index in [1.807, 2.05) is 11.0 Å². The average Bonchev–Trinajstić information content (AvgIpc) is 3.18. The summed E-state index contributed by atoms with van der Waals surface area (Å²) in [5, 5.41) is 9.15. The molecule has 0 aromatic rings. The Kier molecular flexibility index (Phi) is 8.24. The number of hydrogen-bond acceptors (Lipinski definition) is 7. The van der Waals surface area contributed by atoms with Gasteiger partial charge in [-0.15, -0.1) is 11.8 Å². The predicted molar refractivity (Wildman–Crippen MR) is 147 cm³/mol. The minimum atomic E-state index is -0.773. The van der Waals surface area contributed by atoms with Crippen LogP contribution in [0, 0.1) is 11.8 Å². The van der Waals surface area contributed by atoms with Crippen molar-refractivity contribution in [3.63, 3.8) is 0 Å². The van der Waals surface area contributed by atoms with Gasteiger partial charge in [-0.05, 0) is 19.8 Å². The zero-order valence-corrected chi connectivity index (χ0v) is 23.5. The van der Waals surface area contributed by atoms with E-state index in [-0.39, 0.29) is 24.3 Å². The third kappa shape index (κ3) is 4.82. The monoisotopic (exact) mass is 546 g/mol. The van der Waals surface area contributed by atoms with Crippen molar-refractivity contribution in [2.75, 3.05) is 72.7 Å². The number of nitrogens with zero attached hydrogens (tertiary/aromatic N) is 4. The highest BCUT2D eigenvalue weighted by atomic mass is 32.2. The minimum absolute atomic E-state index is 0.00758. The van der Waals surface area contributed by atoms with Crippen LogP contribution in [0.1, 0.15) is 32.6 Å². The van der Waals surface area contributed by atoms with Gasteiger partial charge in [0.25, 0.3) is 0 Å². The molecule has 3 fully saturated rings. The smallest absolute Gasteiger partial charge is 0.247 e. The molecule has 38 heavy (non-hydrogen) atoms. The fraction of sp³-hybridized carbons (Fsp3) is 0.750. The topological polar surface area (TPSA) is 93.6 Å². The van der Waals surface area contributed by atoms with Crippen molar-refractivity contribution < 1.29 is 24.2 Å². The number of morpholine rings is 1. The summed E-state index contributed by atoms with van der Waals surface area (Å²) in [5.74, 6) is -1.17. The van der Waals surface area contributed by atoms with Crippen molar-refractivity contribution in [2.24, 2.45) is 11.8 Å². The first kappa shape index (κ1) is 27.7. The van der Waals surface area contributed by atoms with Crippen LogP contribution in [0.15, 0.2) is 24.3 Å². The van der Waals surface area contributed by atoms with E-state index in [0.29, 0.717) is 39.4 Å². The van der Waals surface area contributed by atoms with Crippen molar-refractivity contribution >= 4 is 29.5 Å². The summed E-state index contributed by atoms with van der Waals surface area (Å²) in [6, 6.07) is -0.624. The molecular weight excluding hydrogens is 504 g/mol. The third-order valence-corrected chi connectivity index (χ3v) is 10.7. The molecule has 3 saturated heterocycles. The lowest BCUT2D eigenvalue weighted by Gasteiger charge is -2.37. The summed E-state index contributed by atoms with van der Waals surface area (Å²) < 4.78 is 4.15. The van der Waals surface area contributed by atoms with Gasteiger partial charge < -0.3 is 24.5 Å². The number of fused-ring (bicyclic) bond motifs is 2. The van der Waals surface area contributed by atoms with Gasteiger partial charge in [-0.1, -0.05) is 37.1 Å². The molecule has 3 amide bonds. The standard InChI is InChI=1S/C28H42N4O5S/c1-27-9-7-11-29(2)24(34)21(27)22-25(35)32(13-5-3-4-6-18-33)23-26(36)31(12-8-10-28(22,23)38-27)15-14-30-16-19-37-20-17-30/h7-10,21-23,33H,3-6,11-20H2,1-2H3/t21-,22+,23?,27+,28+/m1/s1. The average molecular weight is 547 g/mol. The highest BCUT2D eigenvalue weighted by Crippen LogP contribution is 2.65. The fourth-order valence-corrected chi connectivity index (χ4v) is 9.12. The molecule has 9 nitrogen and oxygen atoms in total. The van der Waals surface area contributed by atoms with Crippen LogP contribution in [0.3, 0.4) is 0 Å². The summed E-state index contributed by atoms with van der Waals surface area (Å²) >= 11 is 1.65. The second-order valence-electron chi connectivity index (χ2n) is 11.4. The van der Waals surface area contributed by atoms with Crippen LogP contribution >= 0.6 is 11.8 Å². The predicted octanol–water partition coefficient (Wildman–Crippen LogP) is 0.985. The van der Waals surface area contributed by atoms with Crippen molar-refractivity contribution in [1.82, 2.24) is 19.6 Å². The molecule has 5 atom stereocenters. The van der Waals surface area contributed by atoms with Gasteiger partial charge in [0, 0.05) is 64.2 Å². The molecule has 5 heterocycles. The number of carbonyl (C=O) groups excluding carboxylic acids is 3. The molecule has 0 aromatic heterocycles. The fourth-order valence-electron chi connectivity index (χ4n) is 6.97. The van der Waals surface area contributed by atoms with E-state index < -0.39 is 27.4 Å². The Hall–Kier alpha value is -1.88. The maximum absolute atomic E-state index is 14.3. The molecule has 1 unspecified atom stereocenters. The van der Waals surface area contributed by atoms with E-state index in [4.69, 9.17) is 9.84 Å². The molecule has 1 N–H and O–H groups in total. The number of aliphatic hydroxyl groups excluding tert-OH is 1. The number of rotatable bonds is 9. The molecule has 210 valence electrons. The van der Waals surface area contributed by atoms with Crippen LogP contribution < -0.4 is 0 Å². The number of carbonyl (C=O) groups is 3. The molecular formula is C28H42N4O5S. The number of amides is 3. The van der Waals surface area contributed by atoms with E-state index in [1.54, 1.807) is 28.6 Å². The summed E-state index contributed by atoms with van der Waals surface area (Å²) in [5.41, 5.74) is 0. The van der Waals surface area contributed by atoms with Crippen LogP contribution in [0.4, 0.5) is 0 Å². The summed E-state index contributed by atoms with van der Waals surface area (Å²) in [7, 11) is 1.80. The van der Waals surface area contributed by atoms with Gasteiger partial charge in [-0.25, -0.2) is 0 Å². The Morgan fingerprint density at radius 2 is 1.66 bits per heavy atom. The Morgan fingerprint density at radius 3 is 2.42 bits per heavy atom. The normalized spacial score (nSPS) is 35.4. The largest absolute Gasteiger partial charge is 0.396 e. The van der Waals surface area contributed by atoms with Gasteiger partial charge in [0.2, 0.25) is 17.7 Å². The molecule has 0 aliphatic carbocycles. The highest BCUT2D eigenvalue weighted by Gasteiger charge is 2.73. The number of unbranched alkanes of at least 4 members (excludes halogenated alkanes) is 3. The van der Waals surface area contributed by atoms with Gasteiger partial charge >= 0.3 is 0 Å². The zero-order valence-electron chi connectivity index (χ0n) is 22.7. The SMILES string of the molecule is CN1CC=C[C@]2(C)S[C@]34C=CCN(CCN5CCOCC5)C(=O)C3N(CCCCCCO)C(=O)[C@@H]4[C@@H]2C1=O. The molecule has 5 aliphatic heterocycles. The van der Waals surface area contributed by atoms with Crippen LogP contribution in [-0.4, -0.2) is 131 Å². The second-order valence-corrected chi connectivity index (χ2v) is 13.2. The van der Waals surface area contributed by atoms with E-state index in [1.165, 1.54) is 0 Å². The van der Waals surface area contributed by atoms with Crippen LogP contribution in [0.2, 0.25) is 0 Å². The molecule has 0 aromatic carbocycles. The third-order valence-electron chi connectivity index (χ3n) is 8.94. The lowest BCUT2D eigenvalue weighted by atomic mass is 9.74. The minimum Gasteiger partial charge on any atom is -0.396 e. The van der Waals surface area contributed by atoms with E-state index in [9.17, 15) is 14.4 Å². The Labute approximate surface area is 230 Å². The first-order valence-electron chi connectivity index (χ1n) is 14.1. The molecule has 5 rings (SSSR count). The van der Waals surface area contributed by atoms with Gasteiger partial charge in [0.05, 0.1) is 29.8 Å². The molecule has 0 saturated carbocycles. The quantitative estimate of drug-likeness (QED) is 0.341. The summed E-state index contributed by atoms with van der Waals surface area (Å²) in [4.78, 5) is 50.0. The first-order chi connectivity index (χ1) is 18.3. The maximum atomic E-state index is 14.3. The Bertz CT molecular complexity index is 984. The summed E-state index contributed by atoms with van der Waals surface area (Å²) in [6.45, 7) is 8.30. The zero-order chi connectivity index (χ0) is 26.9. The maximum Gasteiger partial charge on any atom is 0.247 e. The van der Waals surface area contributed by atoms with Crippen molar-refractivity contribution in [3.05, 3.63) is 24.3 Å². The molecule has 0 radical (unpaired) electrons. The van der Waals surface area contributed by atoms with Crippen LogP contribution in [0.5, 0.6) is 0 Å². The van der Waals surface area contributed by atoms with Crippen molar-refractivity contribution in [3.8, 4) is 0 Å². The van der Waals surface area contributed by atoms with E-state index >= 15 is 0 Å². The first-order valence-corrected chi connectivity index (χ1v) is 14.9. The van der Waals surface area contributed by atoms with E-state index in [0.717, 1.165) is 45.3 Å². The van der Waals surface area contributed by atoms with Gasteiger partial charge in [0.1, 0.15) is 6.04 Å². The Balaban J connectivity index is 1.45. The van der Waals surface area contributed by atoms with Gasteiger partial charge in [-0.2, -0.15) is 0 Å². The Morgan fingerprint density at radius 1 is 0.921 bits per heavy atom. The number of likely N-dealkylation sites (N-methyl/N-ethyl adjacent to an activating group) is 1. The second kappa shape index (κ2) is 11.3. The number of hydrogen-bond donors (Lipinski definition) is 1. The lowest BCUT2D eigenvalue weighted by molar-refractivity contribution is -0.144. The van der Waals surface area contributed by atoms with Crippen LogP contribution in [0.25, 0.3) is 0 Å². The van der Waals surface area contributed by atoms with Crippen molar-refractivity contribution in [2.45, 2.75) is 48.1 Å². The highest BCUT2D eigenvalue weighted by molar-refractivity contribution is 8.02. The molecule has 0 bridgehead atoms. The number of likely N-dealkylation sites (tertiary alicyclic amines) is 1. The molecule has 10 heteroatoms. The number of aliphatic hydroxyl groups is 1. The van der Waals surface area contributed by atoms with Gasteiger partial charge in [-0.3, -0.25) is 19.3 Å². The number of ether oxygens (including phenoxy) is 1. The number of thioether (sulfide) groups is 1.